The van der Waals surface area contributed by atoms with Gasteiger partial charge in [0.25, 0.3) is 10.1 Å². The van der Waals surface area contributed by atoms with Crippen LogP contribution in [0.5, 0.6) is 0 Å². The highest BCUT2D eigenvalue weighted by Gasteiger charge is 2.32. The summed E-state index contributed by atoms with van der Waals surface area (Å²) in [6.45, 7) is 6.03. The lowest BCUT2D eigenvalue weighted by atomic mass is 9.89. The van der Waals surface area contributed by atoms with Gasteiger partial charge in [-0.2, -0.15) is 8.42 Å². The zero-order chi connectivity index (χ0) is 16.1. The molecule has 8 heteroatoms. The van der Waals surface area contributed by atoms with Gasteiger partial charge in [0.2, 0.25) is 0 Å². The molecule has 0 aliphatic heterocycles. The van der Waals surface area contributed by atoms with Crippen molar-refractivity contribution in [3.63, 3.8) is 0 Å². The molecule has 0 spiro atoms. The first-order chi connectivity index (χ1) is 9.55. The molecule has 0 unspecified atom stereocenters. The minimum absolute atomic E-state index is 0.0807. The van der Waals surface area contributed by atoms with Crippen LogP contribution in [-0.2, 0) is 23.8 Å². The first kappa shape index (κ1) is 18.2. The van der Waals surface area contributed by atoms with E-state index >= 15 is 0 Å². The standard InChI is InChI=1S/C13H25NO6S/c1-13(2,3)20-12(15)14-10-8-11(9-10)18-6-5-7-19-21(4,16)17/h10-11H,5-9H2,1-4H3,(H,14,15). The van der Waals surface area contributed by atoms with Crippen molar-refractivity contribution >= 4 is 16.2 Å². The summed E-state index contributed by atoms with van der Waals surface area (Å²) in [4.78, 5) is 11.5. The van der Waals surface area contributed by atoms with Crippen LogP contribution in [0.4, 0.5) is 4.79 Å². The molecule has 0 radical (unpaired) electrons. The maximum Gasteiger partial charge on any atom is 0.407 e. The van der Waals surface area contributed by atoms with Crippen LogP contribution in [0.3, 0.4) is 0 Å². The number of carbonyl (C=O) groups is 1. The van der Waals surface area contributed by atoms with Crippen molar-refractivity contribution in [2.75, 3.05) is 19.5 Å². The van der Waals surface area contributed by atoms with Gasteiger partial charge in [0.15, 0.2) is 0 Å². The van der Waals surface area contributed by atoms with E-state index in [4.69, 9.17) is 9.47 Å². The minimum atomic E-state index is -3.37. The Morgan fingerprint density at radius 2 is 1.86 bits per heavy atom. The van der Waals surface area contributed by atoms with Crippen molar-refractivity contribution < 1.29 is 26.9 Å². The van der Waals surface area contributed by atoms with Gasteiger partial charge >= 0.3 is 6.09 Å². The van der Waals surface area contributed by atoms with Crippen LogP contribution >= 0.6 is 0 Å². The summed E-state index contributed by atoms with van der Waals surface area (Å²) in [5.74, 6) is 0. The van der Waals surface area contributed by atoms with E-state index in [0.717, 1.165) is 19.1 Å². The summed E-state index contributed by atoms with van der Waals surface area (Å²) in [5, 5.41) is 2.78. The van der Waals surface area contributed by atoms with E-state index in [9.17, 15) is 13.2 Å². The van der Waals surface area contributed by atoms with E-state index in [0.29, 0.717) is 13.0 Å². The van der Waals surface area contributed by atoms with E-state index in [1.165, 1.54) is 0 Å². The number of rotatable bonds is 7. The van der Waals surface area contributed by atoms with Gasteiger partial charge in [0.05, 0.1) is 19.0 Å². The third kappa shape index (κ3) is 8.90. The van der Waals surface area contributed by atoms with E-state index in [2.05, 4.69) is 9.50 Å². The van der Waals surface area contributed by atoms with Gasteiger partial charge in [-0.25, -0.2) is 4.79 Å². The Kier molecular flexibility index (Phi) is 6.42. The summed E-state index contributed by atoms with van der Waals surface area (Å²) >= 11 is 0. The van der Waals surface area contributed by atoms with Gasteiger partial charge in [-0.15, -0.1) is 0 Å². The number of amides is 1. The maximum absolute atomic E-state index is 11.5. The Hall–Kier alpha value is -0.860. The fourth-order valence-corrected chi connectivity index (χ4v) is 2.23. The topological polar surface area (TPSA) is 90.9 Å². The molecule has 21 heavy (non-hydrogen) atoms. The molecule has 7 nitrogen and oxygen atoms in total. The second-order valence-electron chi connectivity index (χ2n) is 6.19. The van der Waals surface area contributed by atoms with Gasteiger partial charge < -0.3 is 14.8 Å². The van der Waals surface area contributed by atoms with Crippen molar-refractivity contribution in [2.45, 2.75) is 57.8 Å². The van der Waals surface area contributed by atoms with Gasteiger partial charge in [-0.1, -0.05) is 0 Å². The van der Waals surface area contributed by atoms with Crippen LogP contribution in [-0.4, -0.2) is 51.7 Å². The molecular formula is C13H25NO6S. The lowest BCUT2D eigenvalue weighted by Gasteiger charge is -2.35. The van der Waals surface area contributed by atoms with Gasteiger partial charge in [-0.3, -0.25) is 4.18 Å². The Bertz CT molecular complexity index is 436. The maximum atomic E-state index is 11.5. The van der Waals surface area contributed by atoms with Crippen molar-refractivity contribution in [1.29, 1.82) is 0 Å². The molecule has 1 rings (SSSR count). The first-order valence-corrected chi connectivity index (χ1v) is 8.82. The van der Waals surface area contributed by atoms with Gasteiger partial charge in [-0.05, 0) is 40.0 Å². The zero-order valence-electron chi connectivity index (χ0n) is 13.0. The number of carbonyl (C=O) groups excluding carboxylic acids is 1. The van der Waals surface area contributed by atoms with Crippen LogP contribution in [0.15, 0.2) is 0 Å². The molecule has 0 aromatic rings. The number of ether oxygens (including phenoxy) is 2. The van der Waals surface area contributed by atoms with Crippen LogP contribution in [0, 0.1) is 0 Å². The largest absolute Gasteiger partial charge is 0.444 e. The van der Waals surface area contributed by atoms with Crippen molar-refractivity contribution in [1.82, 2.24) is 5.32 Å². The highest BCUT2D eigenvalue weighted by atomic mass is 32.2. The van der Waals surface area contributed by atoms with Crippen molar-refractivity contribution in [2.24, 2.45) is 0 Å². The molecule has 0 heterocycles. The molecule has 0 bridgehead atoms. The molecule has 1 aliphatic rings. The molecule has 0 saturated heterocycles. The summed E-state index contributed by atoms with van der Waals surface area (Å²) in [6.07, 6.45) is 2.72. The van der Waals surface area contributed by atoms with Crippen LogP contribution in [0.2, 0.25) is 0 Å². The Morgan fingerprint density at radius 3 is 2.38 bits per heavy atom. The third-order valence-electron chi connectivity index (χ3n) is 2.76. The summed E-state index contributed by atoms with van der Waals surface area (Å²) < 4.78 is 36.8. The Balaban J connectivity index is 2.03. The predicted octanol–water partition coefficient (Wildman–Crippen LogP) is 1.43. The number of hydrogen-bond donors (Lipinski definition) is 1. The minimum Gasteiger partial charge on any atom is -0.444 e. The van der Waals surface area contributed by atoms with Crippen LogP contribution in [0.1, 0.15) is 40.0 Å². The van der Waals surface area contributed by atoms with Crippen molar-refractivity contribution in [3.8, 4) is 0 Å². The van der Waals surface area contributed by atoms with Gasteiger partial charge in [0, 0.05) is 12.6 Å². The quantitative estimate of drug-likeness (QED) is 0.563. The van der Waals surface area contributed by atoms with E-state index < -0.39 is 21.8 Å². The summed E-state index contributed by atoms with van der Waals surface area (Å²) in [6, 6.07) is 0.0807. The third-order valence-corrected chi connectivity index (χ3v) is 3.35. The van der Waals surface area contributed by atoms with Crippen LogP contribution in [0.25, 0.3) is 0 Å². The predicted molar refractivity (Wildman–Crippen MR) is 77.5 cm³/mol. The molecule has 1 aliphatic carbocycles. The van der Waals surface area contributed by atoms with Crippen molar-refractivity contribution in [3.05, 3.63) is 0 Å². The van der Waals surface area contributed by atoms with E-state index in [1.54, 1.807) is 0 Å². The van der Waals surface area contributed by atoms with Crippen LogP contribution < -0.4 is 5.32 Å². The number of hydrogen-bond acceptors (Lipinski definition) is 6. The molecule has 0 atom stereocenters. The Morgan fingerprint density at radius 1 is 1.24 bits per heavy atom. The lowest BCUT2D eigenvalue weighted by Crippen LogP contribution is -2.49. The highest BCUT2D eigenvalue weighted by Crippen LogP contribution is 2.24. The second kappa shape index (κ2) is 7.42. The first-order valence-electron chi connectivity index (χ1n) is 7.01. The van der Waals surface area contributed by atoms with E-state index in [1.807, 2.05) is 20.8 Å². The zero-order valence-corrected chi connectivity index (χ0v) is 13.9. The molecule has 1 amide bonds. The van der Waals surface area contributed by atoms with E-state index in [-0.39, 0.29) is 18.8 Å². The summed E-state index contributed by atoms with van der Waals surface area (Å²) in [7, 11) is -3.37. The molecule has 0 aromatic heterocycles. The molecule has 1 fully saturated rings. The fraction of sp³-hybridized carbons (Fsp3) is 0.923. The Labute approximate surface area is 126 Å². The normalized spacial score (nSPS) is 22.5. The summed E-state index contributed by atoms with van der Waals surface area (Å²) in [5.41, 5.74) is -0.497. The monoisotopic (exact) mass is 323 g/mol. The second-order valence-corrected chi connectivity index (χ2v) is 7.83. The molecule has 1 saturated carbocycles. The SMILES string of the molecule is CC(C)(C)OC(=O)NC1CC(OCCCOS(C)(=O)=O)C1. The average molecular weight is 323 g/mol. The average Bonchev–Trinajstić information content (AvgIpc) is 2.20. The fourth-order valence-electron chi connectivity index (χ4n) is 1.81. The number of alkyl carbamates (subject to hydrolysis) is 1. The smallest absolute Gasteiger partial charge is 0.407 e. The molecule has 124 valence electrons. The molecular weight excluding hydrogens is 298 g/mol. The molecule has 0 aromatic carbocycles. The highest BCUT2D eigenvalue weighted by molar-refractivity contribution is 7.85. The number of nitrogens with one attached hydrogen (secondary N) is 1. The van der Waals surface area contributed by atoms with Gasteiger partial charge in [0.1, 0.15) is 5.60 Å². The lowest BCUT2D eigenvalue weighted by molar-refractivity contribution is -0.0229. The molecule has 1 N–H and O–H groups in total.